The van der Waals surface area contributed by atoms with Crippen molar-refractivity contribution in [2.75, 3.05) is 18.5 Å². The molecule has 0 aliphatic carbocycles. The van der Waals surface area contributed by atoms with Crippen LogP contribution in [0.2, 0.25) is 5.02 Å². The van der Waals surface area contributed by atoms with Crippen LogP contribution < -0.4 is 10.2 Å². The van der Waals surface area contributed by atoms with Gasteiger partial charge in [0, 0.05) is 31.9 Å². The van der Waals surface area contributed by atoms with Crippen LogP contribution in [-0.2, 0) is 13.1 Å². The van der Waals surface area contributed by atoms with Crippen molar-refractivity contribution in [2.24, 2.45) is 0 Å². The van der Waals surface area contributed by atoms with Gasteiger partial charge < -0.3 is 14.6 Å². The van der Waals surface area contributed by atoms with Crippen molar-refractivity contribution in [3.8, 4) is 0 Å². The van der Waals surface area contributed by atoms with Crippen LogP contribution in [0.3, 0.4) is 0 Å². The summed E-state index contributed by atoms with van der Waals surface area (Å²) in [5, 5.41) is 3.98. The highest BCUT2D eigenvalue weighted by atomic mass is 35.5. The number of anilines is 1. The average Bonchev–Trinajstić information content (AvgIpc) is 2.83. The van der Waals surface area contributed by atoms with Gasteiger partial charge in [-0.15, -0.1) is 0 Å². The van der Waals surface area contributed by atoms with Crippen molar-refractivity contribution >= 4 is 17.4 Å². The zero-order valence-electron chi connectivity index (χ0n) is 12.1. The summed E-state index contributed by atoms with van der Waals surface area (Å²) in [6.07, 6.45) is 3.42. The standard InChI is InChI=1S/C15H20ClN3O/c1-4-17-8-13-7-15(18-9-14(13)16)19(3)10-12-5-6-20-11(12)2/h5-7,9,17H,4,8,10H2,1-3H3. The Morgan fingerprint density at radius 1 is 1.40 bits per heavy atom. The van der Waals surface area contributed by atoms with Crippen molar-refractivity contribution < 1.29 is 4.42 Å². The zero-order chi connectivity index (χ0) is 14.5. The number of aromatic nitrogens is 1. The van der Waals surface area contributed by atoms with Crippen LogP contribution in [0.15, 0.2) is 29.0 Å². The highest BCUT2D eigenvalue weighted by Crippen LogP contribution is 2.21. The molecule has 4 nitrogen and oxygen atoms in total. The van der Waals surface area contributed by atoms with Crippen LogP contribution >= 0.6 is 11.6 Å². The molecule has 2 heterocycles. The number of hydrogen-bond acceptors (Lipinski definition) is 4. The first-order chi connectivity index (χ1) is 9.61. The van der Waals surface area contributed by atoms with E-state index < -0.39 is 0 Å². The molecule has 20 heavy (non-hydrogen) atoms. The maximum atomic E-state index is 6.17. The number of aryl methyl sites for hydroxylation is 1. The molecule has 2 aromatic heterocycles. The number of nitrogens with zero attached hydrogens (tertiary/aromatic N) is 2. The molecule has 108 valence electrons. The van der Waals surface area contributed by atoms with Crippen LogP contribution in [0.4, 0.5) is 5.82 Å². The zero-order valence-corrected chi connectivity index (χ0v) is 12.9. The molecule has 0 aromatic carbocycles. The van der Waals surface area contributed by atoms with Crippen molar-refractivity contribution in [2.45, 2.75) is 26.9 Å². The van der Waals surface area contributed by atoms with Crippen molar-refractivity contribution in [1.29, 1.82) is 0 Å². The lowest BCUT2D eigenvalue weighted by Gasteiger charge is -2.19. The average molecular weight is 294 g/mol. The van der Waals surface area contributed by atoms with Crippen molar-refractivity contribution in [3.63, 3.8) is 0 Å². The number of hydrogen-bond donors (Lipinski definition) is 1. The summed E-state index contributed by atoms with van der Waals surface area (Å²) in [5.41, 5.74) is 2.23. The van der Waals surface area contributed by atoms with E-state index in [-0.39, 0.29) is 0 Å². The first-order valence-electron chi connectivity index (χ1n) is 6.71. The van der Waals surface area contributed by atoms with Gasteiger partial charge in [0.15, 0.2) is 0 Å². The molecule has 0 fully saturated rings. The Bertz CT molecular complexity index is 568. The van der Waals surface area contributed by atoms with Gasteiger partial charge in [0.05, 0.1) is 11.3 Å². The maximum absolute atomic E-state index is 6.17. The molecular formula is C15H20ClN3O. The van der Waals surface area contributed by atoms with E-state index in [1.807, 2.05) is 26.1 Å². The molecule has 0 amide bonds. The van der Waals surface area contributed by atoms with Gasteiger partial charge in [0.25, 0.3) is 0 Å². The van der Waals surface area contributed by atoms with E-state index in [1.165, 1.54) is 0 Å². The molecule has 0 atom stereocenters. The molecule has 0 saturated carbocycles. The van der Waals surface area contributed by atoms with Gasteiger partial charge in [-0.1, -0.05) is 18.5 Å². The van der Waals surface area contributed by atoms with Gasteiger partial charge in [-0.2, -0.15) is 0 Å². The van der Waals surface area contributed by atoms with E-state index in [9.17, 15) is 0 Å². The van der Waals surface area contributed by atoms with Crippen LogP contribution in [0.25, 0.3) is 0 Å². The minimum Gasteiger partial charge on any atom is -0.469 e. The molecule has 1 N–H and O–H groups in total. The summed E-state index contributed by atoms with van der Waals surface area (Å²) in [6.45, 7) is 6.47. The maximum Gasteiger partial charge on any atom is 0.128 e. The van der Waals surface area contributed by atoms with Crippen molar-refractivity contribution in [3.05, 3.63) is 46.5 Å². The largest absolute Gasteiger partial charge is 0.469 e. The summed E-state index contributed by atoms with van der Waals surface area (Å²) >= 11 is 6.17. The number of pyridine rings is 1. The van der Waals surface area contributed by atoms with E-state index in [0.717, 1.165) is 42.3 Å². The van der Waals surface area contributed by atoms with Gasteiger partial charge in [-0.3, -0.25) is 0 Å². The number of nitrogens with one attached hydrogen (secondary N) is 1. The first kappa shape index (κ1) is 14.9. The van der Waals surface area contributed by atoms with Gasteiger partial charge in [0.2, 0.25) is 0 Å². The fourth-order valence-corrected chi connectivity index (χ4v) is 2.15. The molecule has 0 aliphatic heterocycles. The fourth-order valence-electron chi connectivity index (χ4n) is 1.98. The second kappa shape index (κ2) is 6.77. The fraction of sp³-hybridized carbons (Fsp3) is 0.400. The number of halogens is 1. The van der Waals surface area contributed by atoms with E-state index in [0.29, 0.717) is 5.02 Å². The quantitative estimate of drug-likeness (QED) is 0.886. The van der Waals surface area contributed by atoms with Gasteiger partial charge in [0.1, 0.15) is 11.6 Å². The van der Waals surface area contributed by atoms with Crippen LogP contribution in [0, 0.1) is 6.92 Å². The predicted molar refractivity (Wildman–Crippen MR) is 82.2 cm³/mol. The molecule has 0 saturated heterocycles. The molecule has 0 bridgehead atoms. The Morgan fingerprint density at radius 3 is 2.85 bits per heavy atom. The van der Waals surface area contributed by atoms with Crippen LogP contribution in [-0.4, -0.2) is 18.6 Å². The molecule has 0 unspecified atom stereocenters. The molecule has 0 spiro atoms. The third-order valence-corrected chi connectivity index (χ3v) is 3.59. The topological polar surface area (TPSA) is 41.3 Å². The van der Waals surface area contributed by atoms with Gasteiger partial charge >= 0.3 is 0 Å². The Balaban J connectivity index is 2.13. The van der Waals surface area contributed by atoms with Crippen LogP contribution in [0.1, 0.15) is 23.8 Å². The first-order valence-corrected chi connectivity index (χ1v) is 7.08. The third kappa shape index (κ3) is 3.52. The third-order valence-electron chi connectivity index (χ3n) is 3.25. The molecule has 0 radical (unpaired) electrons. The summed E-state index contributed by atoms with van der Waals surface area (Å²) in [4.78, 5) is 6.48. The molecule has 2 aromatic rings. The highest BCUT2D eigenvalue weighted by molar-refractivity contribution is 6.31. The minimum absolute atomic E-state index is 0.697. The summed E-state index contributed by atoms with van der Waals surface area (Å²) in [6, 6.07) is 4.02. The second-order valence-corrected chi connectivity index (χ2v) is 5.18. The lowest BCUT2D eigenvalue weighted by Crippen LogP contribution is -2.19. The molecular weight excluding hydrogens is 274 g/mol. The monoisotopic (exact) mass is 293 g/mol. The Morgan fingerprint density at radius 2 is 2.20 bits per heavy atom. The second-order valence-electron chi connectivity index (χ2n) is 4.77. The molecule has 2 rings (SSSR count). The smallest absolute Gasteiger partial charge is 0.128 e. The summed E-state index contributed by atoms with van der Waals surface area (Å²) < 4.78 is 5.32. The molecule has 0 aliphatic rings. The van der Waals surface area contributed by atoms with E-state index in [2.05, 4.69) is 22.1 Å². The SMILES string of the molecule is CCNCc1cc(N(C)Cc2ccoc2C)ncc1Cl. The Hall–Kier alpha value is -1.52. The number of furan rings is 1. The van der Waals surface area contributed by atoms with Crippen LogP contribution in [0.5, 0.6) is 0 Å². The van der Waals surface area contributed by atoms with Crippen molar-refractivity contribution in [1.82, 2.24) is 10.3 Å². The lowest BCUT2D eigenvalue weighted by atomic mass is 10.2. The summed E-state index contributed by atoms with van der Waals surface area (Å²) in [5.74, 6) is 1.85. The minimum atomic E-state index is 0.697. The lowest BCUT2D eigenvalue weighted by molar-refractivity contribution is 0.529. The normalized spacial score (nSPS) is 10.8. The molecule has 5 heteroatoms. The predicted octanol–water partition coefficient (Wildman–Crippen LogP) is 3.38. The van der Waals surface area contributed by atoms with Gasteiger partial charge in [-0.05, 0) is 31.2 Å². The summed E-state index contributed by atoms with van der Waals surface area (Å²) in [7, 11) is 2.01. The number of rotatable bonds is 6. The van der Waals surface area contributed by atoms with E-state index in [4.69, 9.17) is 16.0 Å². The Kier molecular flexibility index (Phi) is 5.04. The highest BCUT2D eigenvalue weighted by Gasteiger charge is 2.10. The van der Waals surface area contributed by atoms with Gasteiger partial charge in [-0.25, -0.2) is 4.98 Å². The van der Waals surface area contributed by atoms with E-state index in [1.54, 1.807) is 12.5 Å². The van der Waals surface area contributed by atoms with E-state index >= 15 is 0 Å². The Labute approximate surface area is 124 Å².